The first-order valence-electron chi connectivity index (χ1n) is 6.50. The Morgan fingerprint density at radius 1 is 1.38 bits per heavy atom. The summed E-state index contributed by atoms with van der Waals surface area (Å²) in [7, 11) is 1.84. The molecular weight excluding hydrogens is 266 g/mol. The molecule has 16 heavy (non-hydrogen) atoms. The predicted octanol–water partition coefficient (Wildman–Crippen LogP) is 3.30. The third-order valence-corrected chi connectivity index (χ3v) is 5.33. The Morgan fingerprint density at radius 2 is 2.06 bits per heavy atom. The lowest BCUT2D eigenvalue weighted by Crippen LogP contribution is -2.45. The molecule has 0 amide bonds. The van der Waals surface area contributed by atoms with Gasteiger partial charge in [-0.3, -0.25) is 0 Å². The molecule has 0 aromatic rings. The van der Waals surface area contributed by atoms with Crippen molar-refractivity contribution < 1.29 is 4.74 Å². The zero-order chi connectivity index (χ0) is 12.0. The summed E-state index contributed by atoms with van der Waals surface area (Å²) in [5.41, 5.74) is 0.454. The second-order valence-corrected chi connectivity index (χ2v) is 5.64. The zero-order valence-corrected chi connectivity index (χ0v) is 12.6. The fraction of sp³-hybridized carbons (Fsp3) is 1.00. The lowest BCUT2D eigenvalue weighted by Gasteiger charge is -2.39. The van der Waals surface area contributed by atoms with Crippen molar-refractivity contribution in [2.75, 3.05) is 32.1 Å². The van der Waals surface area contributed by atoms with E-state index >= 15 is 0 Å². The van der Waals surface area contributed by atoms with Gasteiger partial charge in [0.25, 0.3) is 0 Å². The third-order valence-electron chi connectivity index (χ3n) is 4.14. The van der Waals surface area contributed by atoms with Crippen molar-refractivity contribution in [3.05, 3.63) is 0 Å². The van der Waals surface area contributed by atoms with Crippen molar-refractivity contribution in [3.63, 3.8) is 0 Å². The second-order valence-electron chi connectivity index (χ2n) is 5.08. The highest BCUT2D eigenvalue weighted by Crippen LogP contribution is 2.31. The van der Waals surface area contributed by atoms with Crippen LogP contribution in [0.5, 0.6) is 0 Å². The van der Waals surface area contributed by atoms with E-state index in [1.54, 1.807) is 0 Å². The van der Waals surface area contributed by atoms with Crippen molar-refractivity contribution in [2.45, 2.75) is 45.6 Å². The molecule has 1 rings (SSSR count). The normalized spacial score (nSPS) is 23.6. The number of methoxy groups -OCH3 is 1. The van der Waals surface area contributed by atoms with Gasteiger partial charge in [0.05, 0.1) is 6.10 Å². The van der Waals surface area contributed by atoms with Crippen LogP contribution >= 0.6 is 15.9 Å². The molecule has 0 saturated carbocycles. The molecule has 0 spiro atoms. The Morgan fingerprint density at radius 3 is 2.56 bits per heavy atom. The van der Waals surface area contributed by atoms with E-state index in [9.17, 15) is 0 Å². The molecule has 2 nitrogen and oxygen atoms in total. The summed E-state index contributed by atoms with van der Waals surface area (Å²) in [6, 6.07) is 0. The van der Waals surface area contributed by atoms with Gasteiger partial charge in [0.15, 0.2) is 0 Å². The Balaban J connectivity index is 2.50. The van der Waals surface area contributed by atoms with E-state index in [2.05, 4.69) is 34.7 Å². The number of alkyl halides is 1. The van der Waals surface area contributed by atoms with Crippen LogP contribution in [0, 0.1) is 5.41 Å². The van der Waals surface area contributed by atoms with Crippen LogP contribution in [0.1, 0.15) is 39.5 Å². The average molecular weight is 292 g/mol. The molecule has 1 heterocycles. The lowest BCUT2D eigenvalue weighted by atomic mass is 9.83. The Hall–Kier alpha value is 0.400. The van der Waals surface area contributed by atoms with Crippen molar-refractivity contribution >= 4 is 15.9 Å². The van der Waals surface area contributed by atoms with Gasteiger partial charge in [-0.05, 0) is 37.6 Å². The fourth-order valence-corrected chi connectivity index (χ4v) is 3.50. The van der Waals surface area contributed by atoms with Crippen molar-refractivity contribution in [3.8, 4) is 0 Å². The number of ether oxygens (including phenoxy) is 1. The molecule has 0 radical (unpaired) electrons. The van der Waals surface area contributed by atoms with Crippen LogP contribution in [-0.4, -0.2) is 43.1 Å². The summed E-state index contributed by atoms with van der Waals surface area (Å²) < 4.78 is 5.48. The van der Waals surface area contributed by atoms with Gasteiger partial charge in [0.1, 0.15) is 0 Å². The van der Waals surface area contributed by atoms with E-state index in [1.807, 2.05) is 7.11 Å². The number of nitrogens with zero attached hydrogens (tertiary/aromatic N) is 1. The molecule has 1 aliphatic heterocycles. The van der Waals surface area contributed by atoms with Gasteiger partial charge >= 0.3 is 0 Å². The summed E-state index contributed by atoms with van der Waals surface area (Å²) in [4.78, 5) is 2.59. The number of rotatable bonds is 6. The smallest absolute Gasteiger partial charge is 0.0698 e. The average Bonchev–Trinajstić information content (AvgIpc) is 2.36. The molecule has 0 aliphatic carbocycles. The van der Waals surface area contributed by atoms with Crippen LogP contribution in [0.15, 0.2) is 0 Å². The van der Waals surface area contributed by atoms with Crippen LogP contribution < -0.4 is 0 Å². The highest BCUT2D eigenvalue weighted by atomic mass is 79.9. The summed E-state index contributed by atoms with van der Waals surface area (Å²) in [6.45, 7) is 8.19. The van der Waals surface area contributed by atoms with Crippen LogP contribution in [0.4, 0.5) is 0 Å². The summed E-state index contributed by atoms with van der Waals surface area (Å²) in [5, 5.41) is 1.11. The van der Waals surface area contributed by atoms with Crippen LogP contribution in [0.2, 0.25) is 0 Å². The number of hydrogen-bond donors (Lipinski definition) is 0. The SMILES string of the molecule is CCC(CC)(CBr)CN1CCCC(OC)C1. The fourth-order valence-electron chi connectivity index (χ4n) is 2.53. The molecule has 1 unspecified atom stereocenters. The minimum atomic E-state index is 0.454. The number of halogens is 1. The molecule has 0 aromatic heterocycles. The van der Waals surface area contributed by atoms with E-state index in [0.717, 1.165) is 11.9 Å². The molecule has 3 heteroatoms. The monoisotopic (exact) mass is 291 g/mol. The van der Waals surface area contributed by atoms with E-state index < -0.39 is 0 Å². The second kappa shape index (κ2) is 6.97. The van der Waals surface area contributed by atoms with Gasteiger partial charge in [-0.2, -0.15) is 0 Å². The first-order valence-corrected chi connectivity index (χ1v) is 7.63. The van der Waals surface area contributed by atoms with Gasteiger partial charge in [-0.15, -0.1) is 0 Å². The molecule has 0 bridgehead atoms. The summed E-state index contributed by atoms with van der Waals surface area (Å²) in [6.07, 6.45) is 5.47. The van der Waals surface area contributed by atoms with Gasteiger partial charge in [-0.25, -0.2) is 0 Å². The van der Waals surface area contributed by atoms with Crippen molar-refractivity contribution in [1.82, 2.24) is 4.90 Å². The first-order chi connectivity index (χ1) is 7.69. The van der Waals surface area contributed by atoms with E-state index in [0.29, 0.717) is 11.5 Å². The third kappa shape index (κ3) is 3.71. The molecule has 0 N–H and O–H groups in total. The molecule has 1 aliphatic rings. The quantitative estimate of drug-likeness (QED) is 0.696. The van der Waals surface area contributed by atoms with E-state index in [1.165, 1.54) is 38.8 Å². The van der Waals surface area contributed by atoms with E-state index in [-0.39, 0.29) is 0 Å². The van der Waals surface area contributed by atoms with Crippen LogP contribution in [0.25, 0.3) is 0 Å². The summed E-state index contributed by atoms with van der Waals surface area (Å²) in [5.74, 6) is 0. The molecule has 0 aromatic carbocycles. The highest BCUT2D eigenvalue weighted by molar-refractivity contribution is 9.09. The van der Waals surface area contributed by atoms with Gasteiger partial charge in [0, 0.05) is 25.5 Å². The maximum atomic E-state index is 5.48. The lowest BCUT2D eigenvalue weighted by molar-refractivity contribution is 0.0159. The van der Waals surface area contributed by atoms with Crippen molar-refractivity contribution in [2.24, 2.45) is 5.41 Å². The minimum Gasteiger partial charge on any atom is -0.380 e. The largest absolute Gasteiger partial charge is 0.380 e. The highest BCUT2D eigenvalue weighted by Gasteiger charge is 2.30. The first kappa shape index (κ1) is 14.5. The molecule has 1 saturated heterocycles. The van der Waals surface area contributed by atoms with Gasteiger partial charge in [-0.1, -0.05) is 29.8 Å². The Kier molecular flexibility index (Phi) is 6.30. The number of hydrogen-bond acceptors (Lipinski definition) is 2. The van der Waals surface area contributed by atoms with Gasteiger partial charge < -0.3 is 9.64 Å². The van der Waals surface area contributed by atoms with Crippen LogP contribution in [-0.2, 0) is 4.74 Å². The predicted molar refractivity (Wildman–Crippen MR) is 73.3 cm³/mol. The molecule has 1 fully saturated rings. The van der Waals surface area contributed by atoms with Crippen LogP contribution in [0.3, 0.4) is 0 Å². The standard InChI is InChI=1S/C13H26BrNO/c1-4-13(5-2,10-14)11-15-8-6-7-12(9-15)16-3/h12H,4-11H2,1-3H3. The Labute approximate surface area is 109 Å². The molecular formula is C13H26BrNO. The zero-order valence-electron chi connectivity index (χ0n) is 11.0. The number of piperidine rings is 1. The maximum Gasteiger partial charge on any atom is 0.0698 e. The summed E-state index contributed by atoms with van der Waals surface area (Å²) >= 11 is 3.69. The minimum absolute atomic E-state index is 0.454. The maximum absolute atomic E-state index is 5.48. The van der Waals surface area contributed by atoms with Crippen molar-refractivity contribution in [1.29, 1.82) is 0 Å². The Bertz CT molecular complexity index is 186. The van der Waals surface area contributed by atoms with E-state index in [4.69, 9.17) is 4.74 Å². The molecule has 96 valence electrons. The topological polar surface area (TPSA) is 12.5 Å². The molecule has 1 atom stereocenters. The van der Waals surface area contributed by atoms with Gasteiger partial charge in [0.2, 0.25) is 0 Å². The number of likely N-dealkylation sites (tertiary alicyclic amines) is 1.